The molecule has 0 radical (unpaired) electrons. The molecule has 1 atom stereocenters. The molecule has 0 spiro atoms. The third kappa shape index (κ3) is 3.96. The maximum absolute atomic E-state index is 11.0. The normalized spacial score (nSPS) is 14.1. The zero-order chi connectivity index (χ0) is 11.5. The van der Waals surface area contributed by atoms with Gasteiger partial charge in [0.1, 0.15) is 5.75 Å². The fourth-order valence-corrected chi connectivity index (χ4v) is 1.72. The largest absolute Gasteiger partial charge is 0.338 e. The number of sulfone groups is 1. The van der Waals surface area contributed by atoms with Gasteiger partial charge in [-0.15, -0.1) is 0 Å². The van der Waals surface area contributed by atoms with Gasteiger partial charge in [0.05, 0.1) is 6.04 Å². The van der Waals surface area contributed by atoms with E-state index in [1.165, 1.54) is 0 Å². The number of aromatic nitrogens is 2. The van der Waals surface area contributed by atoms with Crippen LogP contribution in [-0.4, -0.2) is 31.4 Å². The van der Waals surface area contributed by atoms with Gasteiger partial charge < -0.3 is 9.84 Å². The number of nitrogens with zero attached hydrogens (tertiary/aromatic N) is 2. The summed E-state index contributed by atoms with van der Waals surface area (Å²) >= 11 is 0. The van der Waals surface area contributed by atoms with Crippen LogP contribution in [0.2, 0.25) is 0 Å². The number of hydrogen-bond acceptors (Lipinski definition) is 6. The highest BCUT2D eigenvalue weighted by atomic mass is 32.2. The minimum atomic E-state index is -3.11. The smallest absolute Gasteiger partial charge is 0.243 e. The van der Waals surface area contributed by atoms with Crippen molar-refractivity contribution in [1.82, 2.24) is 15.5 Å². The van der Waals surface area contributed by atoms with Crippen molar-refractivity contribution >= 4 is 9.84 Å². The van der Waals surface area contributed by atoms with Gasteiger partial charge in [-0.2, -0.15) is 4.98 Å². The van der Waals surface area contributed by atoms with Crippen molar-refractivity contribution in [2.45, 2.75) is 25.6 Å². The predicted molar refractivity (Wildman–Crippen MR) is 54.9 cm³/mol. The van der Waals surface area contributed by atoms with E-state index in [0.717, 1.165) is 12.8 Å². The molecule has 0 aliphatic heterocycles. The molecule has 1 N–H and O–H groups in total. The molecule has 1 aromatic rings. The molecule has 0 aliphatic carbocycles. The summed E-state index contributed by atoms with van der Waals surface area (Å²) in [7, 11) is -3.11. The van der Waals surface area contributed by atoms with E-state index in [9.17, 15) is 8.42 Å². The molecule has 1 heterocycles. The zero-order valence-electron chi connectivity index (χ0n) is 9.02. The fraction of sp³-hybridized carbons (Fsp3) is 0.750. The van der Waals surface area contributed by atoms with Crippen LogP contribution in [0.15, 0.2) is 4.52 Å². The molecule has 1 rings (SSSR count). The highest BCUT2D eigenvalue weighted by Gasteiger charge is 2.15. The Bertz CT molecular complexity index is 413. The van der Waals surface area contributed by atoms with Crippen molar-refractivity contribution in [1.29, 1.82) is 0 Å². The van der Waals surface area contributed by atoms with Crippen LogP contribution in [0.5, 0.6) is 0 Å². The van der Waals surface area contributed by atoms with Crippen molar-refractivity contribution in [2.75, 3.05) is 12.8 Å². The molecule has 0 aliphatic rings. The second-order valence-electron chi connectivity index (χ2n) is 3.40. The van der Waals surface area contributed by atoms with Crippen molar-refractivity contribution in [2.24, 2.45) is 0 Å². The third-order valence-electron chi connectivity index (χ3n) is 1.76. The van der Waals surface area contributed by atoms with Gasteiger partial charge in [0.2, 0.25) is 5.89 Å². The molecule has 7 heteroatoms. The Kier molecular flexibility index (Phi) is 3.81. The van der Waals surface area contributed by atoms with Gasteiger partial charge >= 0.3 is 0 Å². The zero-order valence-corrected chi connectivity index (χ0v) is 9.84. The first kappa shape index (κ1) is 12.1. The summed E-state index contributed by atoms with van der Waals surface area (Å²) in [4.78, 5) is 3.99. The average Bonchev–Trinajstić information content (AvgIpc) is 2.50. The van der Waals surface area contributed by atoms with Crippen molar-refractivity contribution in [3.63, 3.8) is 0 Å². The summed E-state index contributed by atoms with van der Waals surface area (Å²) in [6.07, 6.45) is 1.14. The minimum absolute atomic E-state index is 0.0594. The van der Waals surface area contributed by atoms with Gasteiger partial charge in [-0.25, -0.2) is 8.42 Å². The first-order chi connectivity index (χ1) is 6.92. The molecular weight excluding hydrogens is 218 g/mol. The quantitative estimate of drug-likeness (QED) is 0.786. The molecule has 86 valence electrons. The van der Waals surface area contributed by atoms with Crippen molar-refractivity contribution < 1.29 is 12.9 Å². The summed E-state index contributed by atoms with van der Waals surface area (Å²) in [6.45, 7) is 4.62. The Morgan fingerprint density at radius 2 is 2.20 bits per heavy atom. The van der Waals surface area contributed by atoms with Crippen LogP contribution in [0.4, 0.5) is 0 Å². The lowest BCUT2D eigenvalue weighted by molar-refractivity contribution is 0.339. The molecule has 0 amide bonds. The summed E-state index contributed by atoms with van der Waals surface area (Å²) in [5.41, 5.74) is 0. The van der Waals surface area contributed by atoms with E-state index in [4.69, 9.17) is 4.52 Å². The average molecular weight is 233 g/mol. The first-order valence-corrected chi connectivity index (χ1v) is 6.72. The highest BCUT2D eigenvalue weighted by Crippen LogP contribution is 2.10. The lowest BCUT2D eigenvalue weighted by atomic mass is 10.3. The van der Waals surface area contributed by atoms with E-state index < -0.39 is 9.84 Å². The second kappa shape index (κ2) is 4.71. The molecule has 6 nitrogen and oxygen atoms in total. The van der Waals surface area contributed by atoms with Gasteiger partial charge in [0.25, 0.3) is 0 Å². The Hall–Kier alpha value is -0.950. The Morgan fingerprint density at radius 3 is 2.73 bits per heavy atom. The molecule has 0 saturated heterocycles. The van der Waals surface area contributed by atoms with E-state index in [1.54, 1.807) is 0 Å². The molecule has 0 bridgehead atoms. The molecule has 1 unspecified atom stereocenters. The fourth-order valence-electron chi connectivity index (χ4n) is 1.13. The highest BCUT2D eigenvalue weighted by molar-refractivity contribution is 7.89. The molecule has 15 heavy (non-hydrogen) atoms. The summed E-state index contributed by atoms with van der Waals surface area (Å²) in [5, 5.41) is 6.69. The van der Waals surface area contributed by atoms with E-state index >= 15 is 0 Å². The topological polar surface area (TPSA) is 85.1 Å². The van der Waals surface area contributed by atoms with Crippen LogP contribution in [0.1, 0.15) is 31.6 Å². The molecule has 1 aromatic heterocycles. The van der Waals surface area contributed by atoms with Gasteiger partial charge in [0, 0.05) is 6.26 Å². The summed E-state index contributed by atoms with van der Waals surface area (Å²) < 4.78 is 26.9. The van der Waals surface area contributed by atoms with Crippen LogP contribution in [0.3, 0.4) is 0 Å². The Labute approximate surface area is 89.0 Å². The Balaban J connectivity index is 2.72. The first-order valence-electron chi connectivity index (χ1n) is 4.66. The second-order valence-corrected chi connectivity index (χ2v) is 5.54. The van der Waals surface area contributed by atoms with Crippen molar-refractivity contribution in [3.05, 3.63) is 11.7 Å². The van der Waals surface area contributed by atoms with Gasteiger partial charge in [-0.1, -0.05) is 12.1 Å². The van der Waals surface area contributed by atoms with E-state index in [-0.39, 0.29) is 17.6 Å². The molecule has 0 aromatic carbocycles. The number of rotatable bonds is 5. The number of hydrogen-bond donors (Lipinski definition) is 1. The van der Waals surface area contributed by atoms with Crippen molar-refractivity contribution in [3.8, 4) is 0 Å². The van der Waals surface area contributed by atoms with Gasteiger partial charge in [-0.3, -0.25) is 0 Å². The summed E-state index contributed by atoms with van der Waals surface area (Å²) in [6, 6.07) is -0.0594. The van der Waals surface area contributed by atoms with Crippen LogP contribution in [0.25, 0.3) is 0 Å². The molecule has 0 saturated carbocycles. The van der Waals surface area contributed by atoms with Crippen LogP contribution >= 0.6 is 0 Å². The van der Waals surface area contributed by atoms with Crippen LogP contribution in [-0.2, 0) is 15.6 Å². The van der Waals surface area contributed by atoms with Gasteiger partial charge in [0.15, 0.2) is 15.7 Å². The molecule has 0 fully saturated rings. The third-order valence-corrected chi connectivity index (χ3v) is 2.54. The van der Waals surface area contributed by atoms with Crippen LogP contribution < -0.4 is 5.32 Å². The van der Waals surface area contributed by atoms with E-state index in [0.29, 0.717) is 5.89 Å². The Morgan fingerprint density at radius 1 is 1.53 bits per heavy atom. The number of nitrogens with one attached hydrogen (secondary N) is 1. The lowest BCUT2D eigenvalue weighted by Gasteiger charge is -2.04. The lowest BCUT2D eigenvalue weighted by Crippen LogP contribution is -2.18. The van der Waals surface area contributed by atoms with Crippen LogP contribution in [0, 0.1) is 0 Å². The standard InChI is InChI=1S/C8H15N3O3S/c1-4-9-6(2)8-10-7(11-14-8)5-15(3,12)13/h6,9H,4-5H2,1-3H3. The van der Waals surface area contributed by atoms with E-state index in [1.807, 2.05) is 13.8 Å². The predicted octanol–water partition coefficient (Wildman–Crippen LogP) is 0.285. The SMILES string of the molecule is CCNC(C)c1nc(CS(C)(=O)=O)no1. The van der Waals surface area contributed by atoms with Gasteiger partial charge in [-0.05, 0) is 13.5 Å². The minimum Gasteiger partial charge on any atom is -0.338 e. The molecular formula is C8H15N3O3S. The van der Waals surface area contributed by atoms with E-state index in [2.05, 4.69) is 15.5 Å². The summed E-state index contributed by atoms with van der Waals surface area (Å²) in [5.74, 6) is 0.433. The monoisotopic (exact) mass is 233 g/mol. The maximum atomic E-state index is 11.0. The maximum Gasteiger partial charge on any atom is 0.243 e.